The van der Waals surface area contributed by atoms with Crippen molar-refractivity contribution >= 4 is 11.9 Å². The van der Waals surface area contributed by atoms with Gasteiger partial charge in [-0.15, -0.1) is 0 Å². The quantitative estimate of drug-likeness (QED) is 0.517. The monoisotopic (exact) mass is 473 g/mol. The van der Waals surface area contributed by atoms with Gasteiger partial charge >= 0.3 is 5.97 Å². The zero-order valence-electron chi connectivity index (χ0n) is 21.9. The Balaban J connectivity index is 1.34. The third-order valence-corrected chi connectivity index (χ3v) is 11.5. The molecule has 5 nitrogen and oxygen atoms in total. The summed E-state index contributed by atoms with van der Waals surface area (Å²) in [7, 11) is 0. The van der Waals surface area contributed by atoms with Crippen molar-refractivity contribution in [3.05, 3.63) is 0 Å². The highest BCUT2D eigenvalue weighted by Gasteiger charge is 2.63. The van der Waals surface area contributed by atoms with Gasteiger partial charge in [0.2, 0.25) is 5.91 Å². The van der Waals surface area contributed by atoms with Gasteiger partial charge in [0.05, 0.1) is 6.10 Å². The minimum atomic E-state index is -0.199. The van der Waals surface area contributed by atoms with Crippen molar-refractivity contribution in [1.82, 2.24) is 5.32 Å². The summed E-state index contributed by atoms with van der Waals surface area (Å²) in [4.78, 5) is 24.5. The topological polar surface area (TPSA) is 75.6 Å². The molecule has 0 bridgehead atoms. The van der Waals surface area contributed by atoms with Gasteiger partial charge in [0, 0.05) is 25.3 Å². The normalized spacial score (nSPS) is 46.6. The average molecular weight is 474 g/mol. The third kappa shape index (κ3) is 4.33. The first-order chi connectivity index (χ1) is 16.1. The summed E-state index contributed by atoms with van der Waals surface area (Å²) in [6, 6.07) is 0.446. The molecule has 0 heterocycles. The lowest BCUT2D eigenvalue weighted by molar-refractivity contribution is -0.194. The van der Waals surface area contributed by atoms with Crippen molar-refractivity contribution < 1.29 is 19.4 Å². The lowest BCUT2D eigenvalue weighted by Crippen LogP contribution is -2.59. The molecular weight excluding hydrogens is 426 g/mol. The minimum Gasteiger partial charge on any atom is -0.462 e. The zero-order valence-corrected chi connectivity index (χ0v) is 21.9. The van der Waals surface area contributed by atoms with E-state index in [1.807, 2.05) is 0 Å². The minimum absolute atomic E-state index is 0.00567. The molecule has 0 aliphatic heterocycles. The maximum Gasteiger partial charge on any atom is 0.302 e. The van der Waals surface area contributed by atoms with E-state index in [1.54, 1.807) is 6.92 Å². The second-order valence-corrected chi connectivity index (χ2v) is 13.4. The summed E-state index contributed by atoms with van der Waals surface area (Å²) in [5.41, 5.74) is 0.524. The number of aliphatic hydroxyl groups is 1. The maximum absolute atomic E-state index is 12.3. The molecule has 1 amide bonds. The van der Waals surface area contributed by atoms with Crippen molar-refractivity contribution in [2.45, 2.75) is 123 Å². The first-order valence-corrected chi connectivity index (χ1v) is 14.3. The first kappa shape index (κ1) is 24.6. The number of carbonyl (C=O) groups excluding carboxylic acids is 2. The van der Waals surface area contributed by atoms with E-state index in [4.69, 9.17) is 4.74 Å². The van der Waals surface area contributed by atoms with Crippen LogP contribution in [0.5, 0.6) is 0 Å². The Morgan fingerprint density at radius 2 is 1.71 bits per heavy atom. The fourth-order valence-electron chi connectivity index (χ4n) is 9.57. The van der Waals surface area contributed by atoms with Crippen LogP contribution in [0.3, 0.4) is 0 Å². The van der Waals surface area contributed by atoms with Crippen molar-refractivity contribution in [3.63, 3.8) is 0 Å². The van der Waals surface area contributed by atoms with Crippen molar-refractivity contribution in [2.75, 3.05) is 0 Å². The van der Waals surface area contributed by atoms with Gasteiger partial charge in [-0.05, 0) is 111 Å². The van der Waals surface area contributed by atoms with Gasteiger partial charge in [-0.3, -0.25) is 9.59 Å². The largest absolute Gasteiger partial charge is 0.462 e. The molecular formula is C29H47NO4. The maximum atomic E-state index is 12.3. The number of ether oxygens (including phenoxy) is 1. The second kappa shape index (κ2) is 9.09. The number of rotatable bonds is 6. The van der Waals surface area contributed by atoms with Crippen LogP contribution in [0.4, 0.5) is 0 Å². The fourth-order valence-corrected chi connectivity index (χ4v) is 9.57. The van der Waals surface area contributed by atoms with Gasteiger partial charge in [-0.1, -0.05) is 20.8 Å². The van der Waals surface area contributed by atoms with Gasteiger partial charge in [-0.25, -0.2) is 0 Å². The Labute approximate surface area is 206 Å². The van der Waals surface area contributed by atoms with Crippen LogP contribution in [-0.2, 0) is 14.3 Å². The SMILES string of the molecule is CC(=O)O[C@H]1CC2C[C@H](O)CC[C@]2(C)C2CC[C@]3(C)C(C(C)CCC(=O)NC4CC4)CCC3C21. The molecule has 5 rings (SSSR count). The van der Waals surface area contributed by atoms with Crippen molar-refractivity contribution in [1.29, 1.82) is 0 Å². The van der Waals surface area contributed by atoms with Crippen LogP contribution in [0, 0.1) is 46.3 Å². The van der Waals surface area contributed by atoms with E-state index < -0.39 is 0 Å². The second-order valence-electron chi connectivity index (χ2n) is 13.4. The number of nitrogens with one attached hydrogen (secondary N) is 1. The standard InChI is InChI=1S/C29H47NO4/c1-17(5-10-26(33)30-20-6-7-20)22-8-9-23-27-24(12-14-29(22,23)4)28(3)13-11-21(32)15-19(28)16-25(27)34-18(2)31/h17,19-25,27,32H,5-16H2,1-4H3,(H,30,33)/t17?,19?,21-,22?,23?,24?,25+,27?,28+,29-/m1/s1. The molecule has 5 heteroatoms. The van der Waals surface area contributed by atoms with E-state index in [1.165, 1.54) is 25.7 Å². The molecule has 0 aromatic heterocycles. The van der Waals surface area contributed by atoms with E-state index in [0.717, 1.165) is 44.9 Å². The average Bonchev–Trinajstić information content (AvgIpc) is 3.51. The number of fused-ring (bicyclic) bond motifs is 5. The summed E-state index contributed by atoms with van der Waals surface area (Å²) in [6.45, 7) is 8.95. The first-order valence-electron chi connectivity index (χ1n) is 14.3. The van der Waals surface area contributed by atoms with Crippen LogP contribution in [0.25, 0.3) is 0 Å². The lowest BCUT2D eigenvalue weighted by Gasteiger charge is -2.62. The molecule has 5 aliphatic rings. The third-order valence-electron chi connectivity index (χ3n) is 11.5. The molecule has 5 saturated carbocycles. The Hall–Kier alpha value is -1.10. The van der Waals surface area contributed by atoms with Crippen LogP contribution in [0.15, 0.2) is 0 Å². The highest BCUT2D eigenvalue weighted by molar-refractivity contribution is 5.76. The molecule has 5 fully saturated rings. The van der Waals surface area contributed by atoms with Crippen LogP contribution in [0.1, 0.15) is 105 Å². The van der Waals surface area contributed by atoms with Gasteiger partial charge in [0.1, 0.15) is 6.10 Å². The number of amides is 1. The number of carbonyl (C=O) groups is 2. The highest BCUT2D eigenvalue weighted by atomic mass is 16.5. The summed E-state index contributed by atoms with van der Waals surface area (Å²) < 4.78 is 6.09. The van der Waals surface area contributed by atoms with E-state index in [-0.39, 0.29) is 34.9 Å². The van der Waals surface area contributed by atoms with Crippen LogP contribution >= 0.6 is 0 Å². The number of aliphatic hydroxyl groups excluding tert-OH is 1. The summed E-state index contributed by atoms with van der Waals surface area (Å²) in [5.74, 6) is 3.33. The Morgan fingerprint density at radius 1 is 1.00 bits per heavy atom. The molecule has 5 aliphatic carbocycles. The molecule has 0 radical (unpaired) electrons. The molecule has 0 aromatic rings. The number of hydrogen-bond acceptors (Lipinski definition) is 4. The molecule has 10 atom stereocenters. The molecule has 0 aromatic carbocycles. The van der Waals surface area contributed by atoms with Gasteiger partial charge < -0.3 is 15.2 Å². The number of hydrogen-bond donors (Lipinski definition) is 2. The molecule has 6 unspecified atom stereocenters. The summed E-state index contributed by atoms with van der Waals surface area (Å²) >= 11 is 0. The van der Waals surface area contributed by atoms with E-state index in [0.29, 0.717) is 48.0 Å². The summed E-state index contributed by atoms with van der Waals surface area (Å²) in [5, 5.41) is 13.6. The molecule has 34 heavy (non-hydrogen) atoms. The Kier molecular flexibility index (Phi) is 6.57. The van der Waals surface area contributed by atoms with Gasteiger partial charge in [-0.2, -0.15) is 0 Å². The predicted octanol–water partition coefficient (Wildman–Crippen LogP) is 5.24. The smallest absolute Gasteiger partial charge is 0.302 e. The van der Waals surface area contributed by atoms with E-state index in [2.05, 4.69) is 26.1 Å². The molecule has 192 valence electrons. The van der Waals surface area contributed by atoms with Crippen LogP contribution in [0.2, 0.25) is 0 Å². The highest BCUT2D eigenvalue weighted by Crippen LogP contribution is 2.68. The summed E-state index contributed by atoms with van der Waals surface area (Å²) in [6.07, 6.45) is 12.4. The van der Waals surface area contributed by atoms with Gasteiger partial charge in [0.25, 0.3) is 0 Å². The van der Waals surface area contributed by atoms with E-state index in [9.17, 15) is 14.7 Å². The Morgan fingerprint density at radius 3 is 2.41 bits per heavy atom. The predicted molar refractivity (Wildman–Crippen MR) is 132 cm³/mol. The zero-order chi connectivity index (χ0) is 24.3. The molecule has 0 spiro atoms. The molecule has 2 N–H and O–H groups in total. The van der Waals surface area contributed by atoms with Crippen molar-refractivity contribution in [2.24, 2.45) is 46.3 Å². The lowest BCUT2D eigenvalue weighted by atomic mass is 9.43. The van der Waals surface area contributed by atoms with Crippen LogP contribution in [-0.4, -0.2) is 35.2 Å². The fraction of sp³-hybridized carbons (Fsp3) is 0.931. The Bertz CT molecular complexity index is 795. The van der Waals surface area contributed by atoms with Gasteiger partial charge in [0.15, 0.2) is 0 Å². The number of esters is 1. The van der Waals surface area contributed by atoms with E-state index >= 15 is 0 Å². The van der Waals surface area contributed by atoms with Crippen LogP contribution < -0.4 is 5.32 Å². The molecule has 0 saturated heterocycles. The van der Waals surface area contributed by atoms with Crippen molar-refractivity contribution in [3.8, 4) is 0 Å².